The van der Waals surface area contributed by atoms with Gasteiger partial charge < -0.3 is 10.4 Å². The summed E-state index contributed by atoms with van der Waals surface area (Å²) >= 11 is 0. The number of hydrogen-bond acceptors (Lipinski definition) is 3. The Morgan fingerprint density at radius 3 is 2.56 bits per heavy atom. The van der Waals surface area contributed by atoms with Crippen molar-refractivity contribution >= 4 is 12.0 Å². The fraction of sp³-hybridized carbons (Fsp3) is 0.368. The van der Waals surface area contributed by atoms with Crippen LogP contribution in [0.15, 0.2) is 30.3 Å². The van der Waals surface area contributed by atoms with Crippen LogP contribution in [0.4, 0.5) is 4.39 Å². The lowest BCUT2D eigenvalue weighted by atomic mass is 10.1. The molecular weight excluding hydrogens is 321 g/mol. The van der Waals surface area contributed by atoms with Crippen molar-refractivity contribution in [1.82, 2.24) is 15.1 Å². The summed E-state index contributed by atoms with van der Waals surface area (Å²) in [7, 11) is 0. The molecule has 0 aliphatic rings. The molecular formula is C19H24FN3O2. The van der Waals surface area contributed by atoms with Gasteiger partial charge in [-0.15, -0.1) is 0 Å². The van der Waals surface area contributed by atoms with E-state index >= 15 is 0 Å². The summed E-state index contributed by atoms with van der Waals surface area (Å²) in [6.07, 6.45) is 3.19. The number of aliphatic hydroxyl groups excluding tert-OH is 1. The van der Waals surface area contributed by atoms with E-state index in [4.69, 9.17) is 5.11 Å². The van der Waals surface area contributed by atoms with Crippen molar-refractivity contribution in [2.24, 2.45) is 5.92 Å². The standard InChI is InChI=1S/C19H24FN3O2/c1-12(11-24)13(2)21-19(25)10-9-18-14(3)22-23(15(18)4)17-7-5-16(20)6-8-17/h5-10,12-13,24H,11H2,1-4H3,(H,21,25)/b10-9+. The number of amides is 1. The Balaban J connectivity index is 2.17. The van der Waals surface area contributed by atoms with Crippen LogP contribution in [0.3, 0.4) is 0 Å². The second-order valence-corrected chi connectivity index (χ2v) is 6.26. The van der Waals surface area contributed by atoms with Crippen molar-refractivity contribution < 1.29 is 14.3 Å². The summed E-state index contributed by atoms with van der Waals surface area (Å²) in [6, 6.07) is 5.97. The van der Waals surface area contributed by atoms with E-state index in [9.17, 15) is 9.18 Å². The summed E-state index contributed by atoms with van der Waals surface area (Å²) in [4.78, 5) is 12.0. The maximum Gasteiger partial charge on any atom is 0.244 e. The molecule has 5 nitrogen and oxygen atoms in total. The number of aryl methyl sites for hydroxylation is 1. The van der Waals surface area contributed by atoms with E-state index in [1.807, 2.05) is 27.7 Å². The van der Waals surface area contributed by atoms with Gasteiger partial charge in [0.25, 0.3) is 0 Å². The zero-order chi connectivity index (χ0) is 18.6. The third-order valence-electron chi connectivity index (χ3n) is 4.33. The normalized spacial score (nSPS) is 13.8. The van der Waals surface area contributed by atoms with E-state index in [1.165, 1.54) is 18.2 Å². The number of aromatic nitrogens is 2. The van der Waals surface area contributed by atoms with Crippen molar-refractivity contribution in [3.63, 3.8) is 0 Å². The second-order valence-electron chi connectivity index (χ2n) is 6.26. The predicted molar refractivity (Wildman–Crippen MR) is 95.9 cm³/mol. The summed E-state index contributed by atoms with van der Waals surface area (Å²) < 4.78 is 14.8. The Morgan fingerprint density at radius 2 is 1.96 bits per heavy atom. The maximum absolute atomic E-state index is 13.1. The molecule has 1 heterocycles. The molecule has 1 aromatic carbocycles. The first kappa shape index (κ1) is 18.9. The minimum Gasteiger partial charge on any atom is -0.396 e. The first-order valence-electron chi connectivity index (χ1n) is 8.25. The molecule has 0 aliphatic heterocycles. The van der Waals surface area contributed by atoms with E-state index in [-0.39, 0.29) is 30.3 Å². The molecule has 0 saturated carbocycles. The number of hydrogen-bond donors (Lipinski definition) is 2. The lowest BCUT2D eigenvalue weighted by Crippen LogP contribution is -2.37. The Labute approximate surface area is 147 Å². The van der Waals surface area contributed by atoms with Crippen LogP contribution < -0.4 is 5.32 Å². The van der Waals surface area contributed by atoms with Gasteiger partial charge in [0.15, 0.2) is 0 Å². The molecule has 0 bridgehead atoms. The quantitative estimate of drug-likeness (QED) is 0.791. The van der Waals surface area contributed by atoms with Crippen LogP contribution in [-0.4, -0.2) is 33.4 Å². The Morgan fingerprint density at radius 1 is 1.32 bits per heavy atom. The summed E-state index contributed by atoms with van der Waals surface area (Å²) in [5.74, 6) is -0.531. The number of carbonyl (C=O) groups excluding carboxylic acids is 1. The fourth-order valence-corrected chi connectivity index (χ4v) is 2.46. The molecule has 0 spiro atoms. The number of rotatable bonds is 6. The molecule has 2 atom stereocenters. The van der Waals surface area contributed by atoms with Gasteiger partial charge in [-0.25, -0.2) is 9.07 Å². The van der Waals surface area contributed by atoms with E-state index < -0.39 is 0 Å². The highest BCUT2D eigenvalue weighted by molar-refractivity contribution is 5.92. The molecule has 2 rings (SSSR count). The van der Waals surface area contributed by atoms with E-state index in [2.05, 4.69) is 10.4 Å². The largest absolute Gasteiger partial charge is 0.396 e. The van der Waals surface area contributed by atoms with Crippen LogP contribution in [0.5, 0.6) is 0 Å². The molecule has 0 radical (unpaired) electrons. The van der Waals surface area contributed by atoms with Gasteiger partial charge in [-0.1, -0.05) is 6.92 Å². The van der Waals surface area contributed by atoms with Crippen LogP contribution in [0.1, 0.15) is 30.8 Å². The number of carbonyl (C=O) groups is 1. The van der Waals surface area contributed by atoms with Gasteiger partial charge in [-0.2, -0.15) is 5.10 Å². The van der Waals surface area contributed by atoms with Crippen LogP contribution >= 0.6 is 0 Å². The lowest BCUT2D eigenvalue weighted by molar-refractivity contribution is -0.117. The number of aliphatic hydroxyl groups is 1. The number of benzene rings is 1. The van der Waals surface area contributed by atoms with Gasteiger partial charge in [-0.05, 0) is 57.0 Å². The molecule has 2 unspecified atom stereocenters. The van der Waals surface area contributed by atoms with Crippen molar-refractivity contribution in [3.05, 3.63) is 53.1 Å². The van der Waals surface area contributed by atoms with Crippen molar-refractivity contribution in [2.75, 3.05) is 6.61 Å². The maximum atomic E-state index is 13.1. The molecule has 0 fully saturated rings. The van der Waals surface area contributed by atoms with Gasteiger partial charge in [0.1, 0.15) is 5.82 Å². The first-order chi connectivity index (χ1) is 11.8. The van der Waals surface area contributed by atoms with Crippen LogP contribution in [0, 0.1) is 25.6 Å². The average molecular weight is 345 g/mol. The van der Waals surface area contributed by atoms with Gasteiger partial charge in [0.2, 0.25) is 5.91 Å². The van der Waals surface area contributed by atoms with Crippen molar-refractivity contribution in [1.29, 1.82) is 0 Å². The molecule has 1 aromatic heterocycles. The molecule has 2 aromatic rings. The van der Waals surface area contributed by atoms with Crippen LogP contribution in [-0.2, 0) is 4.79 Å². The third kappa shape index (κ3) is 4.54. The minimum atomic E-state index is -0.298. The molecule has 6 heteroatoms. The van der Waals surface area contributed by atoms with E-state index in [0.29, 0.717) is 0 Å². The van der Waals surface area contributed by atoms with Gasteiger partial charge >= 0.3 is 0 Å². The SMILES string of the molecule is Cc1nn(-c2ccc(F)cc2)c(C)c1/C=C/C(=O)NC(C)C(C)CO. The minimum absolute atomic E-state index is 0.0120. The summed E-state index contributed by atoms with van der Waals surface area (Å²) in [5.41, 5.74) is 3.26. The Bertz CT molecular complexity index is 766. The molecule has 1 amide bonds. The monoisotopic (exact) mass is 345 g/mol. The zero-order valence-corrected chi connectivity index (χ0v) is 15.0. The highest BCUT2D eigenvalue weighted by Gasteiger charge is 2.14. The van der Waals surface area contributed by atoms with Crippen molar-refractivity contribution in [2.45, 2.75) is 33.7 Å². The van der Waals surface area contributed by atoms with Crippen LogP contribution in [0.2, 0.25) is 0 Å². The van der Waals surface area contributed by atoms with E-state index in [0.717, 1.165) is 22.6 Å². The molecule has 134 valence electrons. The van der Waals surface area contributed by atoms with Gasteiger partial charge in [0, 0.05) is 30.0 Å². The smallest absolute Gasteiger partial charge is 0.244 e. The zero-order valence-electron chi connectivity index (χ0n) is 15.0. The van der Waals surface area contributed by atoms with Crippen molar-refractivity contribution in [3.8, 4) is 5.69 Å². The lowest BCUT2D eigenvalue weighted by Gasteiger charge is -2.18. The number of nitrogens with one attached hydrogen (secondary N) is 1. The Hall–Kier alpha value is -2.47. The Kier molecular flexibility index (Phi) is 6.09. The topological polar surface area (TPSA) is 67.2 Å². The molecule has 0 saturated heterocycles. The van der Waals surface area contributed by atoms with Gasteiger partial charge in [-0.3, -0.25) is 4.79 Å². The molecule has 0 aliphatic carbocycles. The van der Waals surface area contributed by atoms with Crippen LogP contribution in [0.25, 0.3) is 11.8 Å². The predicted octanol–water partition coefficient (Wildman–Crippen LogP) is 2.77. The highest BCUT2D eigenvalue weighted by atomic mass is 19.1. The van der Waals surface area contributed by atoms with Gasteiger partial charge in [0.05, 0.1) is 11.4 Å². The summed E-state index contributed by atoms with van der Waals surface area (Å²) in [5, 5.41) is 16.4. The number of nitrogens with zero attached hydrogens (tertiary/aromatic N) is 2. The first-order valence-corrected chi connectivity index (χ1v) is 8.25. The second kappa shape index (κ2) is 8.07. The molecule has 2 N–H and O–H groups in total. The molecule has 25 heavy (non-hydrogen) atoms. The average Bonchev–Trinajstić information content (AvgIpc) is 2.87. The fourth-order valence-electron chi connectivity index (χ4n) is 2.46. The highest BCUT2D eigenvalue weighted by Crippen LogP contribution is 2.19. The van der Waals surface area contributed by atoms with E-state index in [1.54, 1.807) is 22.9 Å². The third-order valence-corrected chi connectivity index (χ3v) is 4.33. The number of halogens is 1. The summed E-state index contributed by atoms with van der Waals surface area (Å²) in [6.45, 7) is 7.51.